The minimum atomic E-state index is 0.0258. The van der Waals surface area contributed by atoms with Crippen LogP contribution in [0.15, 0.2) is 45.6 Å². The molecule has 0 aliphatic heterocycles. The highest BCUT2D eigenvalue weighted by molar-refractivity contribution is 5.88. The molecule has 2 aromatic heterocycles. The van der Waals surface area contributed by atoms with E-state index in [1.54, 1.807) is 24.5 Å². The van der Waals surface area contributed by atoms with Gasteiger partial charge >= 0.3 is 0 Å². The van der Waals surface area contributed by atoms with Gasteiger partial charge in [-0.05, 0) is 48.2 Å². The van der Waals surface area contributed by atoms with Crippen molar-refractivity contribution in [2.75, 3.05) is 20.3 Å². The Kier molecular flexibility index (Phi) is 6.01. The normalized spacial score (nSPS) is 11.4. The number of furan rings is 2. The lowest BCUT2D eigenvalue weighted by molar-refractivity contribution is -0.132. The van der Waals surface area contributed by atoms with Gasteiger partial charge < -0.3 is 18.5 Å². The molecule has 0 N–H and O–H groups in total. The molecule has 1 aromatic carbocycles. The van der Waals surface area contributed by atoms with E-state index >= 15 is 0 Å². The van der Waals surface area contributed by atoms with Crippen LogP contribution < -0.4 is 0 Å². The molecule has 144 valence electrons. The van der Waals surface area contributed by atoms with Gasteiger partial charge in [0, 0.05) is 24.6 Å². The van der Waals surface area contributed by atoms with Gasteiger partial charge in [-0.3, -0.25) is 4.79 Å². The van der Waals surface area contributed by atoms with Crippen LogP contribution in [0.4, 0.5) is 0 Å². The van der Waals surface area contributed by atoms with Crippen molar-refractivity contribution < 1.29 is 18.4 Å². The zero-order valence-corrected chi connectivity index (χ0v) is 16.5. The monoisotopic (exact) mass is 369 g/mol. The Balaban J connectivity index is 1.83. The van der Waals surface area contributed by atoms with Gasteiger partial charge in [-0.15, -0.1) is 0 Å². The molecular weight excluding hydrogens is 342 g/mol. The first-order chi connectivity index (χ1) is 13.0. The number of hydrogen-bond acceptors (Lipinski definition) is 4. The fourth-order valence-corrected chi connectivity index (χ4v) is 3.36. The Morgan fingerprint density at radius 3 is 2.74 bits per heavy atom. The van der Waals surface area contributed by atoms with Crippen molar-refractivity contribution in [1.29, 1.82) is 0 Å². The number of rotatable bonds is 8. The van der Waals surface area contributed by atoms with Crippen LogP contribution in [-0.4, -0.2) is 31.1 Å². The van der Waals surface area contributed by atoms with Crippen LogP contribution in [0.2, 0.25) is 0 Å². The summed E-state index contributed by atoms with van der Waals surface area (Å²) in [7, 11) is 1.63. The van der Waals surface area contributed by atoms with Crippen LogP contribution in [0.1, 0.15) is 42.2 Å². The molecule has 0 saturated carbocycles. The van der Waals surface area contributed by atoms with Crippen molar-refractivity contribution in [2.45, 2.75) is 39.7 Å². The smallest absolute Gasteiger partial charge is 0.227 e. The van der Waals surface area contributed by atoms with E-state index in [4.69, 9.17) is 13.6 Å². The number of aryl methyl sites for hydroxylation is 1. The fraction of sp³-hybridized carbons (Fsp3) is 0.409. The quantitative estimate of drug-likeness (QED) is 0.579. The molecule has 3 rings (SSSR count). The van der Waals surface area contributed by atoms with E-state index in [1.165, 1.54) is 11.1 Å². The lowest BCUT2D eigenvalue weighted by atomic mass is 9.95. The van der Waals surface area contributed by atoms with Crippen LogP contribution in [0.25, 0.3) is 11.0 Å². The molecule has 0 aliphatic carbocycles. The summed E-state index contributed by atoms with van der Waals surface area (Å²) in [6.07, 6.45) is 3.61. The van der Waals surface area contributed by atoms with Gasteiger partial charge in [0.25, 0.3) is 0 Å². The van der Waals surface area contributed by atoms with Gasteiger partial charge in [0.2, 0.25) is 5.91 Å². The van der Waals surface area contributed by atoms with Crippen molar-refractivity contribution in [3.63, 3.8) is 0 Å². The topological polar surface area (TPSA) is 55.8 Å². The predicted molar refractivity (Wildman–Crippen MR) is 105 cm³/mol. The molecule has 0 fully saturated rings. The summed E-state index contributed by atoms with van der Waals surface area (Å²) in [5.74, 6) is 1.21. The Bertz CT molecular complexity index is 893. The molecule has 0 bridgehead atoms. The summed E-state index contributed by atoms with van der Waals surface area (Å²) in [5.41, 5.74) is 4.24. The van der Waals surface area contributed by atoms with Gasteiger partial charge in [-0.2, -0.15) is 0 Å². The number of carbonyl (C=O) groups is 1. The summed E-state index contributed by atoms with van der Waals surface area (Å²) in [5, 5.41) is 1.02. The molecule has 0 spiro atoms. The maximum atomic E-state index is 13.0. The van der Waals surface area contributed by atoms with E-state index in [9.17, 15) is 4.79 Å². The van der Waals surface area contributed by atoms with Gasteiger partial charge in [0.15, 0.2) is 0 Å². The molecule has 5 heteroatoms. The molecule has 5 nitrogen and oxygen atoms in total. The summed E-state index contributed by atoms with van der Waals surface area (Å²) in [6, 6.07) is 7.92. The van der Waals surface area contributed by atoms with Crippen molar-refractivity contribution in [2.24, 2.45) is 0 Å². The number of fused-ring (bicyclic) bond motifs is 1. The molecule has 0 unspecified atom stereocenters. The third-order valence-electron chi connectivity index (χ3n) is 4.85. The summed E-state index contributed by atoms with van der Waals surface area (Å²) in [4.78, 5) is 14.7. The van der Waals surface area contributed by atoms with Crippen LogP contribution in [0.5, 0.6) is 0 Å². The Labute approximate surface area is 159 Å². The Morgan fingerprint density at radius 2 is 2.07 bits per heavy atom. The number of nitrogens with zero attached hydrogens (tertiary/aromatic N) is 1. The average molecular weight is 369 g/mol. The molecule has 0 saturated heterocycles. The second-order valence-corrected chi connectivity index (χ2v) is 7.18. The lowest BCUT2D eigenvalue weighted by Gasteiger charge is -2.21. The number of methoxy groups -OCH3 is 1. The number of benzene rings is 1. The molecular formula is C22H27NO4. The van der Waals surface area contributed by atoms with Crippen LogP contribution in [-0.2, 0) is 22.5 Å². The van der Waals surface area contributed by atoms with E-state index in [2.05, 4.69) is 32.9 Å². The van der Waals surface area contributed by atoms with Gasteiger partial charge in [0.1, 0.15) is 11.3 Å². The maximum Gasteiger partial charge on any atom is 0.227 e. The first-order valence-corrected chi connectivity index (χ1v) is 9.29. The molecule has 1 amide bonds. The fourth-order valence-electron chi connectivity index (χ4n) is 3.36. The molecule has 3 aromatic rings. The predicted octanol–water partition coefficient (Wildman–Crippen LogP) is 4.68. The second-order valence-electron chi connectivity index (χ2n) is 7.18. The number of ether oxygens (including phenoxy) is 1. The zero-order valence-electron chi connectivity index (χ0n) is 16.5. The Morgan fingerprint density at radius 1 is 1.26 bits per heavy atom. The molecule has 0 radical (unpaired) electrons. The lowest BCUT2D eigenvalue weighted by Crippen LogP contribution is -2.34. The third-order valence-corrected chi connectivity index (χ3v) is 4.85. The van der Waals surface area contributed by atoms with E-state index in [0.717, 1.165) is 22.3 Å². The Hall–Kier alpha value is -2.53. The number of carbonyl (C=O) groups excluding carboxylic acids is 1. The minimum absolute atomic E-state index is 0.0258. The van der Waals surface area contributed by atoms with Crippen LogP contribution in [0.3, 0.4) is 0 Å². The number of amides is 1. The molecule has 27 heavy (non-hydrogen) atoms. The van der Waals surface area contributed by atoms with Crippen molar-refractivity contribution in [3.8, 4) is 0 Å². The van der Waals surface area contributed by atoms with E-state index in [0.29, 0.717) is 25.6 Å². The summed E-state index contributed by atoms with van der Waals surface area (Å²) >= 11 is 0. The molecule has 2 heterocycles. The van der Waals surface area contributed by atoms with Crippen LogP contribution in [0, 0.1) is 6.92 Å². The highest BCUT2D eigenvalue weighted by Crippen LogP contribution is 2.29. The first-order valence-electron chi connectivity index (χ1n) is 9.29. The van der Waals surface area contributed by atoms with E-state index in [-0.39, 0.29) is 12.3 Å². The molecule has 0 aliphatic rings. The highest BCUT2D eigenvalue weighted by atomic mass is 16.5. The summed E-state index contributed by atoms with van der Waals surface area (Å²) < 4.78 is 16.3. The van der Waals surface area contributed by atoms with Gasteiger partial charge in [-0.25, -0.2) is 0 Å². The van der Waals surface area contributed by atoms with Crippen molar-refractivity contribution in [1.82, 2.24) is 4.90 Å². The summed E-state index contributed by atoms with van der Waals surface area (Å²) in [6.45, 7) is 7.88. The van der Waals surface area contributed by atoms with Crippen LogP contribution >= 0.6 is 0 Å². The maximum absolute atomic E-state index is 13.0. The standard InChI is InChI=1S/C22H27NO4/c1-15(2)19-12-20-17(14-27-21(20)10-16(19)3)11-22(24)23(7-9-25-4)13-18-6-5-8-26-18/h5-6,8,10,12,14-15H,7,9,11,13H2,1-4H3. The SMILES string of the molecule is COCCN(Cc1ccco1)C(=O)Cc1coc2cc(C)c(C(C)C)cc12. The average Bonchev–Trinajstić information content (AvgIpc) is 3.27. The van der Waals surface area contributed by atoms with E-state index in [1.807, 2.05) is 12.1 Å². The third kappa shape index (κ3) is 4.42. The van der Waals surface area contributed by atoms with Crippen molar-refractivity contribution in [3.05, 3.63) is 59.2 Å². The van der Waals surface area contributed by atoms with Gasteiger partial charge in [-0.1, -0.05) is 13.8 Å². The number of hydrogen-bond donors (Lipinski definition) is 0. The second kappa shape index (κ2) is 8.44. The van der Waals surface area contributed by atoms with E-state index < -0.39 is 0 Å². The van der Waals surface area contributed by atoms with Crippen molar-refractivity contribution >= 4 is 16.9 Å². The zero-order chi connectivity index (χ0) is 19.4. The highest BCUT2D eigenvalue weighted by Gasteiger charge is 2.19. The molecule has 0 atom stereocenters. The first kappa shape index (κ1) is 19.2. The van der Waals surface area contributed by atoms with Gasteiger partial charge in [0.05, 0.1) is 32.1 Å². The minimum Gasteiger partial charge on any atom is -0.467 e. The largest absolute Gasteiger partial charge is 0.467 e.